The van der Waals surface area contributed by atoms with E-state index in [1.54, 1.807) is 37.3 Å². The number of carbonyl (C=O) groups excluding carboxylic acids is 3. The molecule has 3 aliphatic carbocycles. The van der Waals surface area contributed by atoms with E-state index >= 15 is 0 Å². The highest BCUT2D eigenvalue weighted by molar-refractivity contribution is 6.23. The number of fused-ring (bicyclic) bond motifs is 3. The molecule has 0 radical (unpaired) electrons. The lowest BCUT2D eigenvalue weighted by atomic mass is 9.55. The van der Waals surface area contributed by atoms with Gasteiger partial charge in [-0.25, -0.2) is 0 Å². The van der Waals surface area contributed by atoms with E-state index < -0.39 is 76.0 Å². The molecule has 9 nitrogen and oxygen atoms in total. The standard InChI is InChI=1S/C32H27NO8/c1-14-21-17(15-8-4-2-5-9-15)12-18(16-10-6-3-7-11-16)26(35)24(21)28(37)25-22(14)27(36)19-13-20(34)23(31(33)40)29(38)32(19,41)30(25)39/h2-12,14,19,22,27,35-38,41H,13H2,1H3,(H2,33,40)/t14-,19+,22+,27+,32+/m0/s1. The van der Waals surface area contributed by atoms with Crippen molar-refractivity contribution >= 4 is 23.2 Å². The van der Waals surface area contributed by atoms with E-state index in [9.17, 15) is 39.9 Å². The molecule has 0 spiro atoms. The van der Waals surface area contributed by atoms with Gasteiger partial charge in [0.2, 0.25) is 5.78 Å². The van der Waals surface area contributed by atoms with Gasteiger partial charge in [0.15, 0.2) is 11.4 Å². The van der Waals surface area contributed by atoms with Crippen molar-refractivity contribution in [1.29, 1.82) is 0 Å². The van der Waals surface area contributed by atoms with Crippen molar-refractivity contribution in [3.05, 3.63) is 94.8 Å². The molecule has 0 aromatic heterocycles. The molecule has 0 bridgehead atoms. The molecule has 3 aromatic carbocycles. The third-order valence-corrected chi connectivity index (χ3v) is 8.76. The van der Waals surface area contributed by atoms with Crippen molar-refractivity contribution in [3.63, 3.8) is 0 Å². The van der Waals surface area contributed by atoms with E-state index in [1.807, 2.05) is 36.4 Å². The monoisotopic (exact) mass is 553 g/mol. The van der Waals surface area contributed by atoms with Crippen molar-refractivity contribution in [1.82, 2.24) is 0 Å². The van der Waals surface area contributed by atoms with Gasteiger partial charge in [-0.1, -0.05) is 67.6 Å². The number of hydrogen-bond donors (Lipinski definition) is 6. The predicted octanol–water partition coefficient (Wildman–Crippen LogP) is 3.29. The van der Waals surface area contributed by atoms with Gasteiger partial charge < -0.3 is 31.3 Å². The number of phenols is 1. The summed E-state index contributed by atoms with van der Waals surface area (Å²) in [5, 5.41) is 57.3. The summed E-state index contributed by atoms with van der Waals surface area (Å²) in [5.41, 5.74) is 3.89. The largest absolute Gasteiger partial charge is 0.508 e. The number of phenolic OH excluding ortho intramolecular Hbond substituents is 1. The molecular weight excluding hydrogens is 526 g/mol. The Balaban J connectivity index is 1.68. The first-order valence-electron chi connectivity index (χ1n) is 13.2. The summed E-state index contributed by atoms with van der Waals surface area (Å²) in [7, 11) is 0. The van der Waals surface area contributed by atoms with Crippen LogP contribution in [0.25, 0.3) is 28.0 Å². The molecule has 1 saturated carbocycles. The molecule has 7 N–H and O–H groups in total. The molecule has 0 aliphatic heterocycles. The van der Waals surface area contributed by atoms with Gasteiger partial charge in [-0.15, -0.1) is 0 Å². The minimum absolute atomic E-state index is 0.0444. The van der Waals surface area contributed by atoms with Gasteiger partial charge in [0.05, 0.1) is 11.7 Å². The van der Waals surface area contributed by atoms with E-state index in [0.29, 0.717) is 22.3 Å². The topological polar surface area (TPSA) is 178 Å². The van der Waals surface area contributed by atoms with Gasteiger partial charge in [0, 0.05) is 29.4 Å². The first-order chi connectivity index (χ1) is 19.5. The van der Waals surface area contributed by atoms with Gasteiger partial charge in [-0.3, -0.25) is 14.4 Å². The van der Waals surface area contributed by atoms with Crippen molar-refractivity contribution in [2.75, 3.05) is 0 Å². The first-order valence-corrected chi connectivity index (χ1v) is 13.2. The molecule has 1 fully saturated rings. The summed E-state index contributed by atoms with van der Waals surface area (Å²) < 4.78 is 0. The molecular formula is C32H27NO8. The second-order valence-electron chi connectivity index (χ2n) is 10.8. The van der Waals surface area contributed by atoms with E-state index in [-0.39, 0.29) is 11.3 Å². The van der Waals surface area contributed by atoms with Gasteiger partial charge in [0.25, 0.3) is 5.91 Å². The summed E-state index contributed by atoms with van der Waals surface area (Å²) >= 11 is 0. The summed E-state index contributed by atoms with van der Waals surface area (Å²) in [5.74, 6) is -8.97. The van der Waals surface area contributed by atoms with Crippen LogP contribution in [0.15, 0.2) is 83.6 Å². The van der Waals surface area contributed by atoms with Crippen molar-refractivity contribution < 1.29 is 39.9 Å². The van der Waals surface area contributed by atoms with Crippen LogP contribution in [-0.2, 0) is 14.4 Å². The van der Waals surface area contributed by atoms with Crippen LogP contribution in [0, 0.1) is 11.8 Å². The summed E-state index contributed by atoms with van der Waals surface area (Å²) in [6.07, 6.45) is -2.22. The Morgan fingerprint density at radius 1 is 0.927 bits per heavy atom. The Bertz CT molecular complexity index is 1710. The predicted molar refractivity (Wildman–Crippen MR) is 148 cm³/mol. The van der Waals surface area contributed by atoms with E-state index in [2.05, 4.69) is 0 Å². The molecule has 208 valence electrons. The molecule has 9 heteroatoms. The summed E-state index contributed by atoms with van der Waals surface area (Å²) in [6, 6.07) is 20.0. The Morgan fingerprint density at radius 2 is 1.49 bits per heavy atom. The zero-order valence-corrected chi connectivity index (χ0v) is 21.9. The number of benzene rings is 3. The number of rotatable bonds is 3. The van der Waals surface area contributed by atoms with Crippen LogP contribution in [0.5, 0.6) is 5.75 Å². The third-order valence-electron chi connectivity index (χ3n) is 8.76. The first kappa shape index (κ1) is 26.5. The number of aromatic hydroxyl groups is 1. The normalized spacial score (nSPS) is 27.3. The molecule has 3 aromatic rings. The Labute approximate surface area is 234 Å². The molecule has 1 amide bonds. The molecule has 3 aliphatic rings. The van der Waals surface area contributed by atoms with Crippen molar-refractivity contribution in [3.8, 4) is 28.0 Å². The highest BCUT2D eigenvalue weighted by Gasteiger charge is 2.65. The Hall–Kier alpha value is -4.73. The molecule has 0 saturated heterocycles. The fourth-order valence-electron chi connectivity index (χ4n) is 6.84. The average Bonchev–Trinajstić information content (AvgIpc) is 2.96. The average molecular weight is 554 g/mol. The fourth-order valence-corrected chi connectivity index (χ4v) is 6.84. The van der Waals surface area contributed by atoms with Crippen LogP contribution in [0.1, 0.15) is 30.4 Å². The summed E-state index contributed by atoms with van der Waals surface area (Å²) in [4.78, 5) is 38.7. The van der Waals surface area contributed by atoms with Crippen LogP contribution >= 0.6 is 0 Å². The molecule has 41 heavy (non-hydrogen) atoms. The second kappa shape index (κ2) is 9.15. The molecule has 6 rings (SSSR count). The maximum Gasteiger partial charge on any atom is 0.255 e. The third kappa shape index (κ3) is 3.52. The lowest BCUT2D eigenvalue weighted by molar-refractivity contribution is -0.160. The zero-order chi connectivity index (χ0) is 29.4. The smallest absolute Gasteiger partial charge is 0.255 e. The zero-order valence-electron chi connectivity index (χ0n) is 21.9. The van der Waals surface area contributed by atoms with Gasteiger partial charge >= 0.3 is 0 Å². The van der Waals surface area contributed by atoms with Crippen LogP contribution in [0.4, 0.5) is 0 Å². The van der Waals surface area contributed by atoms with Crippen LogP contribution < -0.4 is 5.73 Å². The SMILES string of the molecule is C[C@H]1c2c(-c3ccccc3)cc(-c3ccccc3)c(O)c2C(O)=C2C(=O)[C@]3(O)C(O)=C(C(N)=O)C(=O)C[C@@H]3[C@@H](O)[C@@H]21. The lowest BCUT2D eigenvalue weighted by Gasteiger charge is -2.50. The number of carbonyl (C=O) groups is 3. The van der Waals surface area contributed by atoms with Crippen LogP contribution in [0.3, 0.4) is 0 Å². The van der Waals surface area contributed by atoms with E-state index in [0.717, 1.165) is 5.56 Å². The maximum atomic E-state index is 14.0. The fraction of sp³-hybridized carbons (Fsp3) is 0.219. The highest BCUT2D eigenvalue weighted by Crippen LogP contribution is 2.58. The minimum atomic E-state index is -2.89. The molecule has 0 unspecified atom stereocenters. The van der Waals surface area contributed by atoms with Gasteiger partial charge in [-0.05, 0) is 34.2 Å². The number of amides is 1. The van der Waals surface area contributed by atoms with Crippen LogP contribution in [-0.4, -0.2) is 54.7 Å². The number of hydrogen-bond acceptors (Lipinski definition) is 8. The van der Waals surface area contributed by atoms with Crippen molar-refractivity contribution in [2.45, 2.75) is 31.0 Å². The second-order valence-corrected chi connectivity index (χ2v) is 10.8. The van der Waals surface area contributed by atoms with Crippen LogP contribution in [0.2, 0.25) is 0 Å². The number of nitrogens with two attached hydrogens (primary N) is 1. The lowest BCUT2D eigenvalue weighted by Crippen LogP contribution is -2.63. The maximum absolute atomic E-state index is 14.0. The molecule has 0 heterocycles. The minimum Gasteiger partial charge on any atom is -0.508 e. The number of primary amides is 1. The van der Waals surface area contributed by atoms with Crippen molar-refractivity contribution in [2.24, 2.45) is 17.6 Å². The summed E-state index contributed by atoms with van der Waals surface area (Å²) in [6.45, 7) is 1.72. The number of Topliss-reactive ketones (excluding diaryl/α,β-unsaturated/α-hetero) is 2. The Kier molecular flexibility index (Phi) is 5.91. The molecule has 5 atom stereocenters. The highest BCUT2D eigenvalue weighted by atomic mass is 16.4. The quantitative estimate of drug-likeness (QED) is 0.268. The number of aliphatic hydroxyl groups excluding tert-OH is 3. The van der Waals surface area contributed by atoms with E-state index in [4.69, 9.17) is 5.73 Å². The van der Waals surface area contributed by atoms with Gasteiger partial charge in [-0.2, -0.15) is 0 Å². The Morgan fingerprint density at radius 3 is 2.05 bits per heavy atom. The number of ketones is 2. The van der Waals surface area contributed by atoms with E-state index in [1.165, 1.54) is 0 Å². The van der Waals surface area contributed by atoms with Gasteiger partial charge in [0.1, 0.15) is 22.8 Å². The number of aliphatic hydroxyl groups is 4.